The van der Waals surface area contributed by atoms with Crippen LogP contribution in [0.5, 0.6) is 5.88 Å². The van der Waals surface area contributed by atoms with Gasteiger partial charge in [0, 0.05) is 17.5 Å². The molecule has 7 heteroatoms. The highest BCUT2D eigenvalue weighted by Gasteiger charge is 2.42. The van der Waals surface area contributed by atoms with Gasteiger partial charge in [-0.15, -0.1) is 0 Å². The molecule has 2 unspecified atom stereocenters. The molecule has 166 valence electrons. The molecule has 2 atom stereocenters. The predicted molar refractivity (Wildman–Crippen MR) is 117 cm³/mol. The van der Waals surface area contributed by atoms with Crippen LogP contribution in [0.1, 0.15) is 48.0 Å². The summed E-state index contributed by atoms with van der Waals surface area (Å²) >= 11 is 0. The summed E-state index contributed by atoms with van der Waals surface area (Å²) in [6, 6.07) is 8.81. The van der Waals surface area contributed by atoms with Crippen LogP contribution in [0.15, 0.2) is 48.9 Å². The molecule has 3 aromatic rings. The highest BCUT2D eigenvalue weighted by molar-refractivity contribution is 6.01. The van der Waals surface area contributed by atoms with Crippen molar-refractivity contribution in [1.29, 1.82) is 0 Å². The molecule has 3 fully saturated rings. The third kappa shape index (κ3) is 4.29. The average Bonchev–Trinajstić information content (AvgIpc) is 3.27. The highest BCUT2D eigenvalue weighted by Crippen LogP contribution is 2.48. The fourth-order valence-electron chi connectivity index (χ4n) is 5.26. The number of carbonyl (C=O) groups excluding carboxylic acids is 1. The number of rotatable bonds is 6. The van der Waals surface area contributed by atoms with Gasteiger partial charge in [-0.05, 0) is 75.0 Å². The van der Waals surface area contributed by atoms with Gasteiger partial charge in [0.1, 0.15) is 5.82 Å². The second kappa shape index (κ2) is 8.81. The Kier molecular flexibility index (Phi) is 5.72. The molecule has 0 spiro atoms. The standard InChI is InChI=1S/C25H27FN4O2/c1-16-2-6-23(30-28-8-9-29-30)22(10-16)25(31)21-5-3-17(11-18-12-19(21)13-18)15-32-24-7-4-20(26)14-27-24/h2,4,6-10,14,17-19,21H,3,5,11-13,15H2,1H3. The lowest BCUT2D eigenvalue weighted by Crippen LogP contribution is -2.39. The molecule has 2 heterocycles. The molecule has 2 bridgehead atoms. The van der Waals surface area contributed by atoms with Gasteiger partial charge in [0.05, 0.1) is 30.9 Å². The first-order valence-electron chi connectivity index (χ1n) is 11.3. The summed E-state index contributed by atoms with van der Waals surface area (Å²) in [5.74, 6) is 1.76. The lowest BCUT2D eigenvalue weighted by Gasteiger charge is -2.44. The molecule has 0 saturated heterocycles. The molecule has 32 heavy (non-hydrogen) atoms. The first-order valence-corrected chi connectivity index (χ1v) is 11.3. The number of nitrogens with zero attached hydrogens (tertiary/aromatic N) is 4. The first-order chi connectivity index (χ1) is 15.6. The molecular formula is C25H27FN4O2. The minimum Gasteiger partial charge on any atom is -0.477 e. The highest BCUT2D eigenvalue weighted by atomic mass is 19.1. The van der Waals surface area contributed by atoms with Crippen LogP contribution in [0.25, 0.3) is 5.69 Å². The molecule has 0 N–H and O–H groups in total. The normalized spacial score (nSPS) is 24.8. The summed E-state index contributed by atoms with van der Waals surface area (Å²) in [4.78, 5) is 19.3. The number of hydrogen-bond acceptors (Lipinski definition) is 5. The molecule has 6 rings (SSSR count). The van der Waals surface area contributed by atoms with Gasteiger partial charge in [0.15, 0.2) is 5.78 Å². The van der Waals surface area contributed by atoms with Crippen molar-refractivity contribution >= 4 is 5.78 Å². The van der Waals surface area contributed by atoms with Gasteiger partial charge in [0.2, 0.25) is 5.88 Å². The monoisotopic (exact) mass is 434 g/mol. The molecule has 3 aliphatic carbocycles. The van der Waals surface area contributed by atoms with Crippen molar-refractivity contribution in [3.63, 3.8) is 0 Å². The third-order valence-electron chi connectivity index (χ3n) is 6.95. The Morgan fingerprint density at radius 1 is 1.12 bits per heavy atom. The van der Waals surface area contributed by atoms with E-state index in [0.717, 1.165) is 43.4 Å². The molecule has 0 amide bonds. The van der Waals surface area contributed by atoms with Crippen molar-refractivity contribution in [1.82, 2.24) is 20.0 Å². The molecule has 6 nitrogen and oxygen atoms in total. The molecule has 2 aromatic heterocycles. The van der Waals surface area contributed by atoms with Crippen LogP contribution in [-0.4, -0.2) is 32.4 Å². The van der Waals surface area contributed by atoms with E-state index in [1.54, 1.807) is 18.5 Å². The largest absolute Gasteiger partial charge is 0.477 e. The lowest BCUT2D eigenvalue weighted by molar-refractivity contribution is 0.0439. The van der Waals surface area contributed by atoms with Crippen LogP contribution in [0.3, 0.4) is 0 Å². The van der Waals surface area contributed by atoms with E-state index in [2.05, 4.69) is 15.2 Å². The molecule has 0 radical (unpaired) electrons. The SMILES string of the molecule is Cc1ccc(-n2nccn2)c(C(=O)C2CCC(COc3ccc(F)cn3)CC3CC2C3)c1. The van der Waals surface area contributed by atoms with E-state index in [1.165, 1.54) is 17.1 Å². The van der Waals surface area contributed by atoms with E-state index in [1.807, 2.05) is 25.1 Å². The van der Waals surface area contributed by atoms with E-state index in [0.29, 0.717) is 35.8 Å². The number of Topliss-reactive ketones (excluding diaryl/α,β-unsaturated/α-hetero) is 1. The fraction of sp³-hybridized carbons (Fsp3) is 0.440. The minimum atomic E-state index is -0.369. The van der Waals surface area contributed by atoms with Crippen LogP contribution >= 0.6 is 0 Å². The minimum absolute atomic E-state index is 0.00843. The Balaban J connectivity index is 1.31. The second-order valence-corrected chi connectivity index (χ2v) is 9.21. The van der Waals surface area contributed by atoms with Crippen molar-refractivity contribution in [2.75, 3.05) is 6.61 Å². The van der Waals surface area contributed by atoms with Gasteiger partial charge < -0.3 is 4.74 Å². The Labute approximate surface area is 186 Å². The summed E-state index contributed by atoms with van der Waals surface area (Å²) < 4.78 is 18.9. The third-order valence-corrected chi connectivity index (χ3v) is 6.95. The summed E-state index contributed by atoms with van der Waals surface area (Å²) in [6.45, 7) is 2.55. The van der Waals surface area contributed by atoms with Crippen molar-refractivity contribution in [2.45, 2.75) is 39.0 Å². The molecule has 0 aliphatic heterocycles. The van der Waals surface area contributed by atoms with E-state index in [4.69, 9.17) is 4.74 Å². The van der Waals surface area contributed by atoms with Crippen LogP contribution < -0.4 is 4.74 Å². The predicted octanol–water partition coefficient (Wildman–Crippen LogP) is 4.81. The van der Waals surface area contributed by atoms with Crippen LogP contribution in [0.2, 0.25) is 0 Å². The number of ketones is 1. The van der Waals surface area contributed by atoms with Crippen LogP contribution in [0.4, 0.5) is 4.39 Å². The van der Waals surface area contributed by atoms with Gasteiger partial charge in [-0.25, -0.2) is 9.37 Å². The van der Waals surface area contributed by atoms with Gasteiger partial charge in [-0.1, -0.05) is 11.6 Å². The van der Waals surface area contributed by atoms with Crippen molar-refractivity contribution in [3.05, 3.63) is 65.9 Å². The van der Waals surface area contributed by atoms with Gasteiger partial charge in [-0.2, -0.15) is 15.0 Å². The molecule has 3 saturated carbocycles. The number of carbonyl (C=O) groups is 1. The van der Waals surface area contributed by atoms with Crippen molar-refractivity contribution in [2.24, 2.45) is 23.7 Å². The molecule has 1 aromatic carbocycles. The number of aryl methyl sites for hydroxylation is 1. The second-order valence-electron chi connectivity index (χ2n) is 9.21. The maximum Gasteiger partial charge on any atom is 0.213 e. The zero-order valence-corrected chi connectivity index (χ0v) is 18.2. The lowest BCUT2D eigenvalue weighted by atomic mass is 9.60. The number of halogens is 1. The van der Waals surface area contributed by atoms with Crippen molar-refractivity contribution in [3.8, 4) is 11.6 Å². The van der Waals surface area contributed by atoms with E-state index in [9.17, 15) is 9.18 Å². The Morgan fingerprint density at radius 3 is 2.69 bits per heavy atom. The molecule has 3 aliphatic rings. The van der Waals surface area contributed by atoms with Crippen molar-refractivity contribution < 1.29 is 13.9 Å². The number of ether oxygens (including phenoxy) is 1. The first kappa shape index (κ1) is 20.8. The number of hydrogen-bond donors (Lipinski definition) is 0. The summed E-state index contributed by atoms with van der Waals surface area (Å²) in [5.41, 5.74) is 2.50. The number of fused-ring (bicyclic) bond motifs is 4. The van der Waals surface area contributed by atoms with E-state index in [-0.39, 0.29) is 17.5 Å². The summed E-state index contributed by atoms with van der Waals surface area (Å²) in [6.07, 6.45) is 9.53. The topological polar surface area (TPSA) is 69.9 Å². The van der Waals surface area contributed by atoms with Gasteiger partial charge in [0.25, 0.3) is 0 Å². The van der Waals surface area contributed by atoms with E-state index < -0.39 is 0 Å². The Bertz CT molecular complexity index is 1080. The zero-order valence-electron chi connectivity index (χ0n) is 18.2. The average molecular weight is 435 g/mol. The quantitative estimate of drug-likeness (QED) is 0.521. The molecular weight excluding hydrogens is 407 g/mol. The van der Waals surface area contributed by atoms with Gasteiger partial charge in [-0.3, -0.25) is 4.79 Å². The number of benzene rings is 1. The Hall–Kier alpha value is -3.09. The zero-order chi connectivity index (χ0) is 22.1. The van der Waals surface area contributed by atoms with E-state index >= 15 is 0 Å². The maximum atomic E-state index is 13.7. The smallest absolute Gasteiger partial charge is 0.213 e. The maximum absolute atomic E-state index is 13.7. The summed E-state index contributed by atoms with van der Waals surface area (Å²) in [7, 11) is 0. The number of pyridine rings is 1. The van der Waals surface area contributed by atoms with Crippen LogP contribution in [-0.2, 0) is 0 Å². The van der Waals surface area contributed by atoms with Crippen LogP contribution in [0, 0.1) is 36.4 Å². The number of aromatic nitrogens is 4. The summed E-state index contributed by atoms with van der Waals surface area (Å²) in [5, 5.41) is 8.49. The van der Waals surface area contributed by atoms with Gasteiger partial charge >= 0.3 is 0 Å². The Morgan fingerprint density at radius 2 is 1.94 bits per heavy atom. The fourth-order valence-corrected chi connectivity index (χ4v) is 5.26.